The minimum Gasteiger partial charge on any atom is -0.496 e. The van der Waals surface area contributed by atoms with E-state index in [0.29, 0.717) is 17.7 Å². The minimum atomic E-state index is -1.04. The molecule has 1 aromatic carbocycles. The molecular weight excluding hydrogens is 258 g/mol. The smallest absolute Gasteiger partial charge is 0.331 e. The second kappa shape index (κ2) is 6.41. The molecule has 0 saturated carbocycles. The van der Waals surface area contributed by atoms with Gasteiger partial charge >= 0.3 is 5.97 Å². The summed E-state index contributed by atoms with van der Waals surface area (Å²) in [5, 5.41) is 2.71. The lowest BCUT2D eigenvalue weighted by molar-refractivity contribution is -0.147. The van der Waals surface area contributed by atoms with Gasteiger partial charge in [-0.05, 0) is 38.0 Å². The summed E-state index contributed by atoms with van der Waals surface area (Å²) in [5.74, 6) is -0.167. The SMILES string of the molecule is CC[C@](C)(NC(=O)c1ccc(C)c(OC)c1)C(=O)OC. The van der Waals surface area contributed by atoms with Crippen molar-refractivity contribution in [1.82, 2.24) is 5.32 Å². The predicted molar refractivity (Wildman–Crippen MR) is 75.9 cm³/mol. The Bertz CT molecular complexity index is 513. The number of aryl methyl sites for hydroxylation is 1. The van der Waals surface area contributed by atoms with E-state index in [9.17, 15) is 9.59 Å². The number of rotatable bonds is 5. The molecule has 110 valence electrons. The van der Waals surface area contributed by atoms with E-state index < -0.39 is 11.5 Å². The van der Waals surface area contributed by atoms with Crippen LogP contribution in [-0.2, 0) is 9.53 Å². The van der Waals surface area contributed by atoms with Gasteiger partial charge in [-0.1, -0.05) is 13.0 Å². The zero-order valence-corrected chi connectivity index (χ0v) is 12.6. The summed E-state index contributed by atoms with van der Waals surface area (Å²) in [6.07, 6.45) is 0.439. The quantitative estimate of drug-likeness (QED) is 0.838. The van der Waals surface area contributed by atoms with Crippen molar-refractivity contribution in [2.45, 2.75) is 32.7 Å². The van der Waals surface area contributed by atoms with Gasteiger partial charge in [0.15, 0.2) is 0 Å². The van der Waals surface area contributed by atoms with Crippen LogP contribution in [0.3, 0.4) is 0 Å². The zero-order valence-electron chi connectivity index (χ0n) is 12.6. The van der Waals surface area contributed by atoms with E-state index in [1.165, 1.54) is 7.11 Å². The number of methoxy groups -OCH3 is 2. The first-order chi connectivity index (χ1) is 9.37. The Morgan fingerprint density at radius 1 is 1.30 bits per heavy atom. The number of hydrogen-bond acceptors (Lipinski definition) is 4. The number of esters is 1. The lowest BCUT2D eigenvalue weighted by Crippen LogP contribution is -2.52. The van der Waals surface area contributed by atoms with Crippen molar-refractivity contribution in [2.24, 2.45) is 0 Å². The third-order valence-electron chi connectivity index (χ3n) is 3.40. The molecule has 0 spiro atoms. The second-order valence-corrected chi connectivity index (χ2v) is 4.82. The van der Waals surface area contributed by atoms with Crippen LogP contribution in [0.15, 0.2) is 18.2 Å². The van der Waals surface area contributed by atoms with Gasteiger partial charge in [-0.3, -0.25) is 4.79 Å². The summed E-state index contributed by atoms with van der Waals surface area (Å²) < 4.78 is 9.92. The number of carbonyl (C=O) groups excluding carboxylic acids is 2. The molecule has 0 saturated heterocycles. The van der Waals surface area contributed by atoms with Gasteiger partial charge in [0.25, 0.3) is 5.91 Å². The fraction of sp³-hybridized carbons (Fsp3) is 0.467. The monoisotopic (exact) mass is 279 g/mol. The molecule has 0 heterocycles. The summed E-state index contributed by atoms with van der Waals surface area (Å²) >= 11 is 0. The van der Waals surface area contributed by atoms with Gasteiger partial charge in [-0.2, -0.15) is 0 Å². The predicted octanol–water partition coefficient (Wildman–Crippen LogP) is 2.08. The van der Waals surface area contributed by atoms with Gasteiger partial charge in [0.05, 0.1) is 14.2 Å². The molecule has 1 aromatic rings. The molecule has 0 bridgehead atoms. The molecule has 1 amide bonds. The second-order valence-electron chi connectivity index (χ2n) is 4.82. The van der Waals surface area contributed by atoms with Gasteiger partial charge in [-0.25, -0.2) is 4.79 Å². The van der Waals surface area contributed by atoms with Crippen molar-refractivity contribution in [3.63, 3.8) is 0 Å². The van der Waals surface area contributed by atoms with E-state index in [1.807, 2.05) is 13.8 Å². The highest BCUT2D eigenvalue weighted by Crippen LogP contribution is 2.20. The van der Waals surface area contributed by atoms with E-state index in [2.05, 4.69) is 5.32 Å². The van der Waals surface area contributed by atoms with Gasteiger partial charge in [0, 0.05) is 5.56 Å². The first-order valence-electron chi connectivity index (χ1n) is 6.43. The van der Waals surface area contributed by atoms with Crippen LogP contribution >= 0.6 is 0 Å². The maximum Gasteiger partial charge on any atom is 0.331 e. The first-order valence-corrected chi connectivity index (χ1v) is 6.43. The molecule has 5 nitrogen and oxygen atoms in total. The largest absolute Gasteiger partial charge is 0.496 e. The van der Waals surface area contributed by atoms with Crippen molar-refractivity contribution in [1.29, 1.82) is 0 Å². The third-order valence-corrected chi connectivity index (χ3v) is 3.40. The zero-order chi connectivity index (χ0) is 15.3. The average Bonchev–Trinajstić information content (AvgIpc) is 2.46. The molecule has 0 aliphatic carbocycles. The fourth-order valence-corrected chi connectivity index (χ4v) is 1.79. The fourth-order valence-electron chi connectivity index (χ4n) is 1.79. The molecule has 0 unspecified atom stereocenters. The van der Waals surface area contributed by atoms with E-state index in [1.54, 1.807) is 32.2 Å². The summed E-state index contributed by atoms with van der Waals surface area (Å²) in [7, 11) is 2.85. The van der Waals surface area contributed by atoms with Crippen LogP contribution in [0.1, 0.15) is 36.2 Å². The van der Waals surface area contributed by atoms with E-state index in [-0.39, 0.29) is 5.91 Å². The Labute approximate surface area is 119 Å². The van der Waals surface area contributed by atoms with Crippen molar-refractivity contribution in [3.05, 3.63) is 29.3 Å². The molecule has 0 radical (unpaired) electrons. The molecule has 1 N–H and O–H groups in total. The Kier molecular flexibility index (Phi) is 5.13. The van der Waals surface area contributed by atoms with Crippen molar-refractivity contribution >= 4 is 11.9 Å². The summed E-state index contributed by atoms with van der Waals surface area (Å²) in [6.45, 7) is 5.35. The Morgan fingerprint density at radius 3 is 2.45 bits per heavy atom. The molecule has 5 heteroatoms. The highest BCUT2D eigenvalue weighted by atomic mass is 16.5. The lowest BCUT2D eigenvalue weighted by Gasteiger charge is -2.26. The number of nitrogens with one attached hydrogen (secondary N) is 1. The molecule has 0 fully saturated rings. The topological polar surface area (TPSA) is 64.6 Å². The van der Waals surface area contributed by atoms with Gasteiger partial charge in [0.1, 0.15) is 11.3 Å². The maximum atomic E-state index is 12.2. The summed E-state index contributed by atoms with van der Waals surface area (Å²) in [6, 6.07) is 5.15. The first kappa shape index (κ1) is 16.0. The van der Waals surface area contributed by atoms with E-state index in [0.717, 1.165) is 5.56 Å². The molecular formula is C15H21NO4. The van der Waals surface area contributed by atoms with Crippen molar-refractivity contribution in [2.75, 3.05) is 14.2 Å². The van der Waals surface area contributed by atoms with Crippen LogP contribution in [0.25, 0.3) is 0 Å². The van der Waals surface area contributed by atoms with Crippen LogP contribution in [0.4, 0.5) is 0 Å². The van der Waals surface area contributed by atoms with Gasteiger partial charge in [0.2, 0.25) is 0 Å². The number of hydrogen-bond donors (Lipinski definition) is 1. The minimum absolute atomic E-state index is 0.335. The van der Waals surface area contributed by atoms with Gasteiger partial charge in [-0.15, -0.1) is 0 Å². The number of carbonyl (C=O) groups is 2. The molecule has 0 aromatic heterocycles. The third kappa shape index (κ3) is 3.29. The molecule has 1 atom stereocenters. The van der Waals surface area contributed by atoms with Crippen LogP contribution in [0, 0.1) is 6.92 Å². The normalized spacial score (nSPS) is 13.2. The number of amides is 1. The van der Waals surface area contributed by atoms with Crippen LogP contribution in [0.2, 0.25) is 0 Å². The van der Waals surface area contributed by atoms with Crippen LogP contribution < -0.4 is 10.1 Å². The Morgan fingerprint density at radius 2 is 1.95 bits per heavy atom. The highest BCUT2D eigenvalue weighted by Gasteiger charge is 2.34. The number of benzene rings is 1. The molecule has 0 aliphatic heterocycles. The molecule has 0 aliphatic rings. The van der Waals surface area contributed by atoms with Crippen LogP contribution in [0.5, 0.6) is 5.75 Å². The van der Waals surface area contributed by atoms with Gasteiger partial charge < -0.3 is 14.8 Å². The van der Waals surface area contributed by atoms with Crippen molar-refractivity contribution in [3.8, 4) is 5.75 Å². The standard InChI is InChI=1S/C15H21NO4/c1-6-15(3,14(18)20-5)16-13(17)11-8-7-10(2)12(9-11)19-4/h7-9H,6H2,1-5H3,(H,16,17)/t15-/m0/s1. The Balaban J connectivity index is 2.98. The summed E-state index contributed by atoms with van der Waals surface area (Å²) in [4.78, 5) is 24.0. The summed E-state index contributed by atoms with van der Waals surface area (Å²) in [5.41, 5.74) is 0.343. The van der Waals surface area contributed by atoms with Crippen LogP contribution in [-0.4, -0.2) is 31.6 Å². The lowest BCUT2D eigenvalue weighted by atomic mass is 9.98. The molecule has 1 rings (SSSR count). The van der Waals surface area contributed by atoms with Crippen molar-refractivity contribution < 1.29 is 19.1 Å². The maximum absolute atomic E-state index is 12.2. The molecule has 20 heavy (non-hydrogen) atoms. The Hall–Kier alpha value is -2.04. The highest BCUT2D eigenvalue weighted by molar-refractivity contribution is 5.98. The average molecular weight is 279 g/mol. The van der Waals surface area contributed by atoms with E-state index >= 15 is 0 Å². The van der Waals surface area contributed by atoms with E-state index in [4.69, 9.17) is 9.47 Å². The number of ether oxygens (including phenoxy) is 2.